The van der Waals surface area contributed by atoms with Gasteiger partial charge in [0.25, 0.3) is 5.91 Å². The van der Waals surface area contributed by atoms with Crippen LogP contribution in [0.4, 0.5) is 5.69 Å². The van der Waals surface area contributed by atoms with Gasteiger partial charge in [0.1, 0.15) is 5.76 Å². The molecule has 31 heavy (non-hydrogen) atoms. The second kappa shape index (κ2) is 7.96. The van der Waals surface area contributed by atoms with Gasteiger partial charge in [-0.15, -0.1) is 0 Å². The molecular weight excluding hydrogens is 412 g/mol. The molecule has 0 aliphatic heterocycles. The Bertz CT molecular complexity index is 1190. The third-order valence-corrected chi connectivity index (χ3v) is 8.30. The van der Waals surface area contributed by atoms with E-state index in [0.29, 0.717) is 27.9 Å². The molecule has 1 heterocycles. The molecule has 0 radical (unpaired) electrons. The van der Waals surface area contributed by atoms with Crippen LogP contribution in [0.5, 0.6) is 0 Å². The Morgan fingerprint density at radius 2 is 1.61 bits per heavy atom. The highest BCUT2D eigenvalue weighted by Gasteiger charge is 2.34. The molecule has 2 saturated carbocycles. The van der Waals surface area contributed by atoms with Crippen molar-refractivity contribution >= 4 is 21.4 Å². The van der Waals surface area contributed by atoms with Gasteiger partial charge in [0, 0.05) is 17.2 Å². The van der Waals surface area contributed by atoms with Crippen LogP contribution in [0, 0.1) is 0 Å². The highest BCUT2D eigenvalue weighted by molar-refractivity contribution is 7.92. The summed E-state index contributed by atoms with van der Waals surface area (Å²) in [6, 6.07) is 15.9. The van der Waals surface area contributed by atoms with Gasteiger partial charge < -0.3 is 9.73 Å². The molecule has 0 bridgehead atoms. The van der Waals surface area contributed by atoms with E-state index < -0.39 is 9.84 Å². The van der Waals surface area contributed by atoms with Crippen molar-refractivity contribution in [3.63, 3.8) is 0 Å². The summed E-state index contributed by atoms with van der Waals surface area (Å²) in [7, 11) is -3.31. The van der Waals surface area contributed by atoms with Crippen molar-refractivity contribution in [2.45, 2.75) is 54.6 Å². The molecule has 2 fully saturated rings. The number of aromatic nitrogens is 1. The SMILES string of the molecule is O=C(Nc1ccc(S(=O)(=O)C2CCCC2)cc1)c1nc(-c2ccccc2)oc1C1CC1. The number of amides is 1. The molecule has 0 saturated heterocycles. The van der Waals surface area contributed by atoms with Gasteiger partial charge in [0.15, 0.2) is 15.5 Å². The summed E-state index contributed by atoms with van der Waals surface area (Å²) < 4.78 is 31.4. The van der Waals surface area contributed by atoms with Crippen molar-refractivity contribution < 1.29 is 17.6 Å². The Labute approximate surface area is 181 Å². The van der Waals surface area contributed by atoms with Crippen LogP contribution in [0.25, 0.3) is 11.5 Å². The van der Waals surface area contributed by atoms with E-state index in [1.165, 1.54) is 0 Å². The minimum Gasteiger partial charge on any atom is -0.440 e. The second-order valence-electron chi connectivity index (χ2n) is 8.30. The average molecular weight is 437 g/mol. The Morgan fingerprint density at radius 1 is 0.935 bits per heavy atom. The van der Waals surface area contributed by atoms with E-state index in [-0.39, 0.29) is 17.1 Å². The predicted octanol–water partition coefficient (Wildman–Crippen LogP) is 5.19. The number of benzene rings is 2. The Morgan fingerprint density at radius 3 is 2.26 bits per heavy atom. The summed E-state index contributed by atoms with van der Waals surface area (Å²) in [6.45, 7) is 0. The first kappa shape index (κ1) is 20.0. The van der Waals surface area contributed by atoms with Gasteiger partial charge in [-0.2, -0.15) is 0 Å². The number of nitrogens with one attached hydrogen (secondary N) is 1. The fraction of sp³-hybridized carbons (Fsp3) is 0.333. The second-order valence-corrected chi connectivity index (χ2v) is 10.5. The standard InChI is InChI=1S/C24H24N2O4S/c27-23(21-22(16-10-11-16)30-24(26-21)17-6-2-1-3-7-17)25-18-12-14-20(15-13-18)31(28,29)19-8-4-5-9-19/h1-3,6-7,12-16,19H,4-5,8-11H2,(H,25,27). The first-order valence-corrected chi connectivity index (χ1v) is 12.3. The third-order valence-electron chi connectivity index (χ3n) is 6.02. The molecule has 0 spiro atoms. The summed E-state index contributed by atoms with van der Waals surface area (Å²) in [5.41, 5.74) is 1.65. The third kappa shape index (κ3) is 4.02. The van der Waals surface area contributed by atoms with Gasteiger partial charge in [-0.1, -0.05) is 31.0 Å². The first-order chi connectivity index (χ1) is 15.0. The lowest BCUT2D eigenvalue weighted by atomic mass is 10.2. The average Bonchev–Trinajstić information content (AvgIpc) is 3.28. The van der Waals surface area contributed by atoms with Crippen molar-refractivity contribution in [2.24, 2.45) is 0 Å². The van der Waals surface area contributed by atoms with Gasteiger partial charge >= 0.3 is 0 Å². The van der Waals surface area contributed by atoms with Crippen molar-refractivity contribution in [1.82, 2.24) is 4.98 Å². The lowest BCUT2D eigenvalue weighted by Crippen LogP contribution is -2.18. The van der Waals surface area contributed by atoms with E-state index in [0.717, 1.165) is 44.1 Å². The van der Waals surface area contributed by atoms with Crippen LogP contribution in [0.2, 0.25) is 0 Å². The van der Waals surface area contributed by atoms with Crippen LogP contribution in [0.3, 0.4) is 0 Å². The molecule has 7 heteroatoms. The molecule has 6 nitrogen and oxygen atoms in total. The topological polar surface area (TPSA) is 89.3 Å². The van der Waals surface area contributed by atoms with Crippen molar-refractivity contribution in [3.8, 4) is 11.5 Å². The van der Waals surface area contributed by atoms with E-state index in [9.17, 15) is 13.2 Å². The lowest BCUT2D eigenvalue weighted by Gasteiger charge is -2.12. The minimum absolute atomic E-state index is 0.227. The Hall–Kier alpha value is -2.93. The predicted molar refractivity (Wildman–Crippen MR) is 118 cm³/mol. The van der Waals surface area contributed by atoms with Gasteiger partial charge in [-0.25, -0.2) is 13.4 Å². The highest BCUT2D eigenvalue weighted by atomic mass is 32.2. The fourth-order valence-corrected chi connectivity index (χ4v) is 5.98. The highest BCUT2D eigenvalue weighted by Crippen LogP contribution is 2.43. The normalized spacial score (nSPS) is 17.0. The summed E-state index contributed by atoms with van der Waals surface area (Å²) >= 11 is 0. The van der Waals surface area contributed by atoms with E-state index in [2.05, 4.69) is 10.3 Å². The fourth-order valence-electron chi connectivity index (χ4n) is 4.13. The zero-order valence-electron chi connectivity index (χ0n) is 17.1. The molecular formula is C24H24N2O4S. The zero-order chi connectivity index (χ0) is 21.4. The summed E-state index contributed by atoms with van der Waals surface area (Å²) in [5.74, 6) is 0.936. The molecule has 2 aliphatic carbocycles. The van der Waals surface area contributed by atoms with Crippen LogP contribution >= 0.6 is 0 Å². The number of sulfone groups is 1. The molecule has 160 valence electrons. The zero-order valence-corrected chi connectivity index (χ0v) is 17.9. The summed E-state index contributed by atoms with van der Waals surface area (Å²) in [4.78, 5) is 17.7. The smallest absolute Gasteiger partial charge is 0.277 e. The number of nitrogens with zero attached hydrogens (tertiary/aromatic N) is 1. The molecule has 5 rings (SSSR count). The summed E-state index contributed by atoms with van der Waals surface area (Å²) in [6.07, 6.45) is 5.34. The number of carbonyl (C=O) groups excluding carboxylic acids is 1. The maximum Gasteiger partial charge on any atom is 0.277 e. The molecule has 3 aromatic rings. The lowest BCUT2D eigenvalue weighted by molar-refractivity contribution is 0.102. The quantitative estimate of drug-likeness (QED) is 0.574. The van der Waals surface area contributed by atoms with Crippen LogP contribution < -0.4 is 5.32 Å². The summed E-state index contributed by atoms with van der Waals surface area (Å²) in [5, 5.41) is 2.55. The van der Waals surface area contributed by atoms with E-state index >= 15 is 0 Å². The number of rotatable bonds is 6. The maximum atomic E-state index is 13.0. The maximum absolute atomic E-state index is 13.0. The molecule has 1 amide bonds. The molecule has 0 unspecified atom stereocenters. The van der Waals surface area contributed by atoms with Crippen molar-refractivity contribution in [1.29, 1.82) is 0 Å². The van der Waals surface area contributed by atoms with Crippen molar-refractivity contribution in [3.05, 3.63) is 66.1 Å². The van der Waals surface area contributed by atoms with Gasteiger partial charge in [0.05, 0.1) is 10.1 Å². The van der Waals surface area contributed by atoms with E-state index in [4.69, 9.17) is 4.42 Å². The molecule has 2 aliphatic rings. The van der Waals surface area contributed by atoms with E-state index in [1.807, 2.05) is 30.3 Å². The molecule has 0 atom stereocenters. The van der Waals surface area contributed by atoms with Crippen LogP contribution in [-0.2, 0) is 9.84 Å². The number of hydrogen-bond acceptors (Lipinski definition) is 5. The first-order valence-electron chi connectivity index (χ1n) is 10.7. The Kier molecular flexibility index (Phi) is 5.14. The number of carbonyl (C=O) groups is 1. The van der Waals surface area contributed by atoms with Gasteiger partial charge in [-0.05, 0) is 62.1 Å². The number of anilines is 1. The van der Waals surface area contributed by atoms with Crippen molar-refractivity contribution in [2.75, 3.05) is 5.32 Å². The number of hydrogen-bond donors (Lipinski definition) is 1. The number of oxazole rings is 1. The van der Waals surface area contributed by atoms with Crippen LogP contribution in [0.15, 0.2) is 63.9 Å². The van der Waals surface area contributed by atoms with E-state index in [1.54, 1.807) is 24.3 Å². The molecule has 1 aromatic heterocycles. The Balaban J connectivity index is 1.36. The monoisotopic (exact) mass is 436 g/mol. The molecule has 2 aromatic carbocycles. The minimum atomic E-state index is -3.31. The van der Waals surface area contributed by atoms with Crippen LogP contribution in [0.1, 0.15) is 60.7 Å². The van der Waals surface area contributed by atoms with Gasteiger partial charge in [-0.3, -0.25) is 4.79 Å². The van der Waals surface area contributed by atoms with Gasteiger partial charge in [0.2, 0.25) is 5.89 Å². The molecule has 1 N–H and O–H groups in total. The van der Waals surface area contributed by atoms with Crippen LogP contribution in [-0.4, -0.2) is 24.6 Å². The largest absolute Gasteiger partial charge is 0.440 e.